The molecule has 2 aliphatic heterocycles. The first-order chi connectivity index (χ1) is 13.0. The van der Waals surface area contributed by atoms with E-state index in [-0.39, 0.29) is 5.91 Å². The second-order valence-electron chi connectivity index (χ2n) is 6.79. The van der Waals surface area contributed by atoms with Gasteiger partial charge in [-0.2, -0.15) is 4.31 Å². The molecule has 2 aliphatic rings. The van der Waals surface area contributed by atoms with Crippen LogP contribution < -0.4 is 9.80 Å². The number of amides is 1. The molecular weight excluding hydrogens is 364 g/mol. The van der Waals surface area contributed by atoms with Crippen molar-refractivity contribution < 1.29 is 13.2 Å². The van der Waals surface area contributed by atoms with Gasteiger partial charge in [-0.15, -0.1) is 0 Å². The molecule has 0 spiro atoms. The minimum atomic E-state index is -3.54. The third kappa shape index (κ3) is 3.30. The highest BCUT2D eigenvalue weighted by Gasteiger charge is 2.31. The van der Waals surface area contributed by atoms with Crippen LogP contribution in [-0.2, 0) is 21.2 Å². The van der Waals surface area contributed by atoms with Gasteiger partial charge in [0.05, 0.1) is 4.90 Å². The van der Waals surface area contributed by atoms with E-state index in [0.717, 1.165) is 17.1 Å². The molecule has 4 rings (SSSR count). The van der Waals surface area contributed by atoms with Crippen LogP contribution in [0.5, 0.6) is 0 Å². The SMILES string of the molecule is CC(=O)N1CCc2cc(S(=O)(=O)N3CCN(c4ccccn4)CC3)ccc21. The molecule has 2 aromatic rings. The van der Waals surface area contributed by atoms with Gasteiger partial charge in [-0.05, 0) is 42.3 Å². The molecule has 0 aliphatic carbocycles. The van der Waals surface area contributed by atoms with Crippen molar-refractivity contribution in [1.29, 1.82) is 0 Å². The van der Waals surface area contributed by atoms with Crippen molar-refractivity contribution in [2.24, 2.45) is 0 Å². The van der Waals surface area contributed by atoms with Gasteiger partial charge in [-0.25, -0.2) is 13.4 Å². The predicted molar refractivity (Wildman–Crippen MR) is 103 cm³/mol. The zero-order valence-corrected chi connectivity index (χ0v) is 16.0. The number of hydrogen-bond donors (Lipinski definition) is 0. The maximum atomic E-state index is 13.1. The lowest BCUT2D eigenvalue weighted by Crippen LogP contribution is -2.48. The standard InChI is InChI=1S/C19H22N4O3S/c1-15(24)23-9-7-16-14-17(5-6-18(16)23)27(25,26)22-12-10-21(11-13-22)19-4-2-3-8-20-19/h2-6,8,14H,7,9-13H2,1H3. The Morgan fingerprint density at radius 2 is 1.81 bits per heavy atom. The molecule has 0 radical (unpaired) electrons. The zero-order valence-electron chi connectivity index (χ0n) is 15.2. The van der Waals surface area contributed by atoms with Crippen molar-refractivity contribution in [3.05, 3.63) is 48.2 Å². The smallest absolute Gasteiger partial charge is 0.243 e. The van der Waals surface area contributed by atoms with E-state index in [9.17, 15) is 13.2 Å². The molecule has 7 nitrogen and oxygen atoms in total. The third-order valence-corrected chi connectivity index (χ3v) is 7.07. The van der Waals surface area contributed by atoms with Gasteiger partial charge in [0.15, 0.2) is 0 Å². The quantitative estimate of drug-likeness (QED) is 0.799. The summed E-state index contributed by atoms with van der Waals surface area (Å²) in [7, 11) is -3.54. The number of carbonyl (C=O) groups excluding carboxylic acids is 1. The lowest BCUT2D eigenvalue weighted by atomic mass is 10.2. The van der Waals surface area contributed by atoms with Gasteiger partial charge in [0, 0.05) is 51.5 Å². The van der Waals surface area contributed by atoms with Gasteiger partial charge in [0.25, 0.3) is 0 Å². The summed E-state index contributed by atoms with van der Waals surface area (Å²) < 4.78 is 27.6. The number of hydrogen-bond acceptors (Lipinski definition) is 5. The summed E-state index contributed by atoms with van der Waals surface area (Å²) in [6.45, 7) is 4.21. The van der Waals surface area contributed by atoms with E-state index in [1.807, 2.05) is 18.2 Å². The number of anilines is 2. The molecule has 1 aromatic heterocycles. The van der Waals surface area contributed by atoms with E-state index >= 15 is 0 Å². The number of nitrogens with zero attached hydrogens (tertiary/aromatic N) is 4. The van der Waals surface area contributed by atoms with E-state index in [1.54, 1.807) is 29.3 Å². The van der Waals surface area contributed by atoms with Crippen LogP contribution in [-0.4, -0.2) is 56.3 Å². The highest BCUT2D eigenvalue weighted by Crippen LogP contribution is 2.31. The lowest BCUT2D eigenvalue weighted by molar-refractivity contribution is -0.116. The van der Waals surface area contributed by atoms with Crippen LogP contribution in [0, 0.1) is 0 Å². The van der Waals surface area contributed by atoms with Crippen LogP contribution >= 0.6 is 0 Å². The monoisotopic (exact) mass is 386 g/mol. The second kappa shape index (κ2) is 6.94. The van der Waals surface area contributed by atoms with E-state index in [1.165, 1.54) is 11.2 Å². The van der Waals surface area contributed by atoms with Gasteiger partial charge in [0.2, 0.25) is 15.9 Å². The minimum Gasteiger partial charge on any atom is -0.354 e. The van der Waals surface area contributed by atoms with Crippen LogP contribution in [0.25, 0.3) is 0 Å². The molecule has 1 amide bonds. The topological polar surface area (TPSA) is 73.8 Å². The number of fused-ring (bicyclic) bond motifs is 1. The maximum Gasteiger partial charge on any atom is 0.243 e. The Morgan fingerprint density at radius 3 is 2.48 bits per heavy atom. The third-order valence-electron chi connectivity index (χ3n) is 5.18. The van der Waals surface area contributed by atoms with Gasteiger partial charge in [0.1, 0.15) is 5.82 Å². The Kier molecular flexibility index (Phi) is 4.61. The van der Waals surface area contributed by atoms with Crippen molar-refractivity contribution in [3.63, 3.8) is 0 Å². The fraction of sp³-hybridized carbons (Fsp3) is 0.368. The molecule has 0 bridgehead atoms. The summed E-state index contributed by atoms with van der Waals surface area (Å²) in [5.41, 5.74) is 1.74. The number of pyridine rings is 1. The Bertz CT molecular complexity index is 954. The molecule has 3 heterocycles. The fourth-order valence-electron chi connectivity index (χ4n) is 3.71. The van der Waals surface area contributed by atoms with Crippen LogP contribution in [0.15, 0.2) is 47.5 Å². The molecule has 0 saturated carbocycles. The normalized spacial score (nSPS) is 17.8. The summed E-state index contributed by atoms with van der Waals surface area (Å²) in [5, 5.41) is 0. The van der Waals surface area contributed by atoms with Gasteiger partial charge < -0.3 is 9.80 Å². The van der Waals surface area contributed by atoms with Crippen molar-refractivity contribution >= 4 is 27.4 Å². The molecule has 27 heavy (non-hydrogen) atoms. The van der Waals surface area contributed by atoms with E-state index in [2.05, 4.69) is 9.88 Å². The predicted octanol–water partition coefficient (Wildman–Crippen LogP) is 1.50. The minimum absolute atomic E-state index is 0.0185. The number of sulfonamides is 1. The Labute approximate surface area is 159 Å². The van der Waals surface area contributed by atoms with Crippen molar-refractivity contribution in [3.8, 4) is 0 Å². The fourth-order valence-corrected chi connectivity index (χ4v) is 5.19. The van der Waals surface area contributed by atoms with E-state index in [4.69, 9.17) is 0 Å². The lowest BCUT2D eigenvalue weighted by Gasteiger charge is -2.34. The van der Waals surface area contributed by atoms with E-state index in [0.29, 0.717) is 44.0 Å². The Hall–Kier alpha value is -2.45. The molecule has 0 atom stereocenters. The average Bonchev–Trinajstić information content (AvgIpc) is 3.12. The largest absolute Gasteiger partial charge is 0.354 e. The number of rotatable bonds is 3. The number of aromatic nitrogens is 1. The van der Waals surface area contributed by atoms with Gasteiger partial charge >= 0.3 is 0 Å². The van der Waals surface area contributed by atoms with E-state index < -0.39 is 10.0 Å². The van der Waals surface area contributed by atoms with Crippen LogP contribution in [0.2, 0.25) is 0 Å². The molecule has 142 valence electrons. The molecule has 0 unspecified atom stereocenters. The maximum absolute atomic E-state index is 13.1. The average molecular weight is 386 g/mol. The first kappa shape index (κ1) is 17.9. The Morgan fingerprint density at radius 1 is 1.04 bits per heavy atom. The molecule has 0 N–H and O–H groups in total. The molecule has 1 saturated heterocycles. The number of carbonyl (C=O) groups is 1. The summed E-state index contributed by atoms with van der Waals surface area (Å²) in [6, 6.07) is 10.8. The van der Waals surface area contributed by atoms with Crippen LogP contribution in [0.1, 0.15) is 12.5 Å². The summed E-state index contributed by atoms with van der Waals surface area (Å²) in [6.07, 6.45) is 2.43. The van der Waals surface area contributed by atoms with Crippen molar-refractivity contribution in [1.82, 2.24) is 9.29 Å². The number of piperazine rings is 1. The first-order valence-corrected chi connectivity index (χ1v) is 10.5. The molecule has 1 fully saturated rings. The first-order valence-electron chi connectivity index (χ1n) is 9.04. The zero-order chi connectivity index (χ0) is 19.0. The second-order valence-corrected chi connectivity index (χ2v) is 8.73. The van der Waals surface area contributed by atoms with Crippen LogP contribution in [0.4, 0.5) is 11.5 Å². The van der Waals surface area contributed by atoms with Crippen molar-refractivity contribution in [2.75, 3.05) is 42.5 Å². The summed E-state index contributed by atoms with van der Waals surface area (Å²) in [5.74, 6) is 0.853. The highest BCUT2D eigenvalue weighted by molar-refractivity contribution is 7.89. The summed E-state index contributed by atoms with van der Waals surface area (Å²) >= 11 is 0. The van der Waals surface area contributed by atoms with Crippen LogP contribution in [0.3, 0.4) is 0 Å². The van der Waals surface area contributed by atoms with Crippen molar-refractivity contribution in [2.45, 2.75) is 18.2 Å². The highest BCUT2D eigenvalue weighted by atomic mass is 32.2. The van der Waals surface area contributed by atoms with Gasteiger partial charge in [-0.1, -0.05) is 6.07 Å². The summed E-state index contributed by atoms with van der Waals surface area (Å²) in [4.78, 5) is 20.1. The molecule has 8 heteroatoms. The number of benzene rings is 1. The Balaban J connectivity index is 1.51. The molecular formula is C19H22N4O3S. The van der Waals surface area contributed by atoms with Gasteiger partial charge in [-0.3, -0.25) is 4.79 Å². The molecule has 1 aromatic carbocycles.